The van der Waals surface area contributed by atoms with Gasteiger partial charge in [-0.3, -0.25) is 4.79 Å². The SMILES string of the molecule is NC(=O)c1ccc(NC2(C(=O)O)CCC2)c(Br)c1. The number of amides is 1. The van der Waals surface area contributed by atoms with Crippen molar-refractivity contribution in [2.75, 3.05) is 5.32 Å². The first-order valence-corrected chi connectivity index (χ1v) is 6.35. The number of nitrogens with one attached hydrogen (secondary N) is 1. The zero-order valence-corrected chi connectivity index (χ0v) is 11.2. The molecule has 0 spiro atoms. The van der Waals surface area contributed by atoms with Gasteiger partial charge in [0.2, 0.25) is 5.91 Å². The highest BCUT2D eigenvalue weighted by Crippen LogP contribution is 2.37. The molecule has 96 valence electrons. The summed E-state index contributed by atoms with van der Waals surface area (Å²) in [4.78, 5) is 22.3. The van der Waals surface area contributed by atoms with Crippen molar-refractivity contribution in [1.29, 1.82) is 0 Å². The van der Waals surface area contributed by atoms with Crippen molar-refractivity contribution in [3.63, 3.8) is 0 Å². The quantitative estimate of drug-likeness (QED) is 0.792. The van der Waals surface area contributed by atoms with E-state index in [0.29, 0.717) is 28.6 Å². The molecule has 0 saturated heterocycles. The molecule has 6 heteroatoms. The van der Waals surface area contributed by atoms with E-state index in [1.165, 1.54) is 0 Å². The standard InChI is InChI=1S/C12H13BrN2O3/c13-8-6-7(10(14)16)2-3-9(8)15-12(11(17)18)4-1-5-12/h2-3,6,15H,1,4-5H2,(H2,14,16)(H,17,18). The topological polar surface area (TPSA) is 92.4 Å². The van der Waals surface area contributed by atoms with Crippen LogP contribution in [0.25, 0.3) is 0 Å². The zero-order chi connectivity index (χ0) is 13.3. The summed E-state index contributed by atoms with van der Waals surface area (Å²) < 4.78 is 0.631. The van der Waals surface area contributed by atoms with Gasteiger partial charge in [0.15, 0.2) is 0 Å². The predicted molar refractivity (Wildman–Crippen MR) is 70.5 cm³/mol. The molecule has 0 aliphatic heterocycles. The predicted octanol–water partition coefficient (Wildman–Crippen LogP) is 1.97. The molecule has 0 atom stereocenters. The van der Waals surface area contributed by atoms with Crippen molar-refractivity contribution < 1.29 is 14.7 Å². The van der Waals surface area contributed by atoms with E-state index in [4.69, 9.17) is 5.73 Å². The molecule has 5 nitrogen and oxygen atoms in total. The second-order valence-electron chi connectivity index (χ2n) is 4.42. The van der Waals surface area contributed by atoms with Crippen molar-refractivity contribution in [2.45, 2.75) is 24.8 Å². The number of nitrogens with two attached hydrogens (primary N) is 1. The first-order chi connectivity index (χ1) is 8.44. The lowest BCUT2D eigenvalue weighted by atomic mass is 9.76. The molecule has 1 aromatic rings. The lowest BCUT2D eigenvalue weighted by Gasteiger charge is -2.39. The molecule has 18 heavy (non-hydrogen) atoms. The minimum atomic E-state index is -0.878. The van der Waals surface area contributed by atoms with Gasteiger partial charge in [0.1, 0.15) is 5.54 Å². The lowest BCUT2D eigenvalue weighted by Crippen LogP contribution is -2.52. The summed E-state index contributed by atoms with van der Waals surface area (Å²) in [5, 5.41) is 12.3. The molecule has 0 bridgehead atoms. The number of carboxylic acid groups (broad SMARTS) is 1. The maximum Gasteiger partial charge on any atom is 0.329 e. The fourth-order valence-corrected chi connectivity index (χ4v) is 2.43. The summed E-state index contributed by atoms with van der Waals surface area (Å²) in [6.07, 6.45) is 2.11. The number of aliphatic carboxylic acids is 1. The van der Waals surface area contributed by atoms with Gasteiger partial charge in [0.25, 0.3) is 0 Å². The monoisotopic (exact) mass is 312 g/mol. The van der Waals surface area contributed by atoms with Crippen LogP contribution in [0.5, 0.6) is 0 Å². The smallest absolute Gasteiger partial charge is 0.329 e. The Bertz CT molecular complexity index is 512. The number of benzene rings is 1. The highest BCUT2D eigenvalue weighted by molar-refractivity contribution is 9.10. The van der Waals surface area contributed by atoms with Crippen LogP contribution in [-0.4, -0.2) is 22.5 Å². The molecular weight excluding hydrogens is 300 g/mol. The van der Waals surface area contributed by atoms with Gasteiger partial charge in [0.05, 0.1) is 0 Å². The van der Waals surface area contributed by atoms with Crippen LogP contribution in [0.3, 0.4) is 0 Å². The fourth-order valence-electron chi connectivity index (χ4n) is 1.95. The van der Waals surface area contributed by atoms with Crippen LogP contribution < -0.4 is 11.1 Å². The van der Waals surface area contributed by atoms with Gasteiger partial charge in [0, 0.05) is 15.7 Å². The normalized spacial score (nSPS) is 16.7. The summed E-state index contributed by atoms with van der Waals surface area (Å²) in [5.41, 5.74) is 5.33. The molecule has 1 saturated carbocycles. The molecule has 1 fully saturated rings. The average Bonchev–Trinajstić information content (AvgIpc) is 2.24. The largest absolute Gasteiger partial charge is 0.480 e. The molecule has 1 amide bonds. The second-order valence-corrected chi connectivity index (χ2v) is 5.28. The Morgan fingerprint density at radius 3 is 2.44 bits per heavy atom. The number of hydrogen-bond acceptors (Lipinski definition) is 3. The molecule has 1 aromatic carbocycles. The Morgan fingerprint density at radius 1 is 1.39 bits per heavy atom. The lowest BCUT2D eigenvalue weighted by molar-refractivity contribution is -0.145. The summed E-state index contributed by atoms with van der Waals surface area (Å²) in [6.45, 7) is 0. The second kappa shape index (κ2) is 4.61. The Hall–Kier alpha value is -1.56. The number of hydrogen-bond donors (Lipinski definition) is 3. The van der Waals surface area contributed by atoms with E-state index in [1.807, 2.05) is 0 Å². The van der Waals surface area contributed by atoms with Gasteiger partial charge < -0.3 is 16.2 Å². The molecule has 0 aromatic heterocycles. The van der Waals surface area contributed by atoms with E-state index >= 15 is 0 Å². The molecule has 1 aliphatic rings. The highest BCUT2D eigenvalue weighted by atomic mass is 79.9. The van der Waals surface area contributed by atoms with E-state index in [1.54, 1.807) is 18.2 Å². The molecule has 0 radical (unpaired) electrons. The van der Waals surface area contributed by atoms with E-state index < -0.39 is 17.4 Å². The number of carboxylic acids is 1. The van der Waals surface area contributed by atoms with E-state index in [2.05, 4.69) is 21.2 Å². The molecule has 0 heterocycles. The molecular formula is C12H13BrN2O3. The van der Waals surface area contributed by atoms with Crippen molar-refractivity contribution in [3.8, 4) is 0 Å². The van der Waals surface area contributed by atoms with Crippen LogP contribution in [0.15, 0.2) is 22.7 Å². The molecule has 4 N–H and O–H groups in total. The number of carbonyl (C=O) groups is 2. The highest BCUT2D eigenvalue weighted by Gasteiger charge is 2.44. The molecule has 1 aliphatic carbocycles. The Kier molecular flexibility index (Phi) is 3.30. The van der Waals surface area contributed by atoms with Gasteiger partial charge >= 0.3 is 5.97 Å². The van der Waals surface area contributed by atoms with Gasteiger partial charge in [-0.2, -0.15) is 0 Å². The summed E-state index contributed by atoms with van der Waals surface area (Å²) >= 11 is 3.31. The third-order valence-electron chi connectivity index (χ3n) is 3.24. The van der Waals surface area contributed by atoms with Crippen molar-refractivity contribution in [1.82, 2.24) is 0 Å². The van der Waals surface area contributed by atoms with Crippen LogP contribution in [-0.2, 0) is 4.79 Å². The van der Waals surface area contributed by atoms with E-state index in [9.17, 15) is 14.7 Å². The number of rotatable bonds is 4. The number of anilines is 1. The van der Waals surface area contributed by atoms with E-state index in [0.717, 1.165) is 6.42 Å². The van der Waals surface area contributed by atoms with Crippen molar-refractivity contribution in [2.24, 2.45) is 5.73 Å². The number of carbonyl (C=O) groups excluding carboxylic acids is 1. The number of halogens is 1. The number of primary amides is 1. The summed E-state index contributed by atoms with van der Waals surface area (Å²) in [6, 6.07) is 4.82. The Morgan fingerprint density at radius 2 is 2.06 bits per heavy atom. The van der Waals surface area contributed by atoms with Gasteiger partial charge in [-0.1, -0.05) is 0 Å². The molecule has 0 unspecified atom stereocenters. The van der Waals surface area contributed by atoms with Crippen molar-refractivity contribution in [3.05, 3.63) is 28.2 Å². The third-order valence-corrected chi connectivity index (χ3v) is 3.90. The van der Waals surface area contributed by atoms with E-state index in [-0.39, 0.29) is 0 Å². The third kappa shape index (κ3) is 2.20. The first kappa shape index (κ1) is 12.9. The minimum Gasteiger partial charge on any atom is -0.480 e. The zero-order valence-electron chi connectivity index (χ0n) is 9.57. The van der Waals surface area contributed by atoms with Gasteiger partial charge in [-0.05, 0) is 53.4 Å². The van der Waals surface area contributed by atoms with Gasteiger partial charge in [-0.25, -0.2) is 4.79 Å². The summed E-state index contributed by atoms with van der Waals surface area (Å²) in [5.74, 6) is -1.36. The minimum absolute atomic E-state index is 0.380. The fraction of sp³-hybridized carbons (Fsp3) is 0.333. The average molecular weight is 313 g/mol. The van der Waals surface area contributed by atoms with Crippen LogP contribution >= 0.6 is 15.9 Å². The maximum atomic E-state index is 11.2. The van der Waals surface area contributed by atoms with Crippen LogP contribution in [0.4, 0.5) is 5.69 Å². The van der Waals surface area contributed by atoms with Crippen LogP contribution in [0.2, 0.25) is 0 Å². The van der Waals surface area contributed by atoms with Crippen molar-refractivity contribution >= 4 is 33.5 Å². The molecule has 2 rings (SSSR count). The van der Waals surface area contributed by atoms with Gasteiger partial charge in [-0.15, -0.1) is 0 Å². The van der Waals surface area contributed by atoms with Crippen LogP contribution in [0, 0.1) is 0 Å². The maximum absolute atomic E-state index is 11.2. The summed E-state index contributed by atoms with van der Waals surface area (Å²) in [7, 11) is 0. The Balaban J connectivity index is 2.24. The first-order valence-electron chi connectivity index (χ1n) is 5.55. The van der Waals surface area contributed by atoms with Crippen LogP contribution in [0.1, 0.15) is 29.6 Å². The Labute approximate surface area is 112 Å².